The Kier molecular flexibility index (Phi) is 5.17. The third kappa shape index (κ3) is 3.35. The zero-order chi connectivity index (χ0) is 15.4. The minimum Gasteiger partial charge on any atom is -0.313 e. The predicted molar refractivity (Wildman–Crippen MR) is 85.4 cm³/mol. The molecule has 0 unspecified atom stereocenters. The highest BCUT2D eigenvalue weighted by molar-refractivity contribution is 5.27. The lowest BCUT2D eigenvalue weighted by Gasteiger charge is -2.08. The molecule has 0 bridgehead atoms. The molecule has 116 valence electrons. The molecule has 21 heavy (non-hydrogen) atoms. The molecule has 0 radical (unpaired) electrons. The van der Waals surface area contributed by atoms with Crippen LogP contribution in [0.25, 0.3) is 0 Å². The summed E-state index contributed by atoms with van der Waals surface area (Å²) in [7, 11) is 2.00. The molecule has 0 aromatic carbocycles. The first kappa shape index (κ1) is 15.8. The average molecular weight is 289 g/mol. The number of nitrogens with one attached hydrogen (secondary N) is 1. The summed E-state index contributed by atoms with van der Waals surface area (Å²) >= 11 is 0. The fraction of sp³-hybridized carbons (Fsp3) is 0.625. The van der Waals surface area contributed by atoms with Crippen molar-refractivity contribution in [2.75, 3.05) is 6.54 Å². The quantitative estimate of drug-likeness (QED) is 0.850. The van der Waals surface area contributed by atoms with E-state index in [1.165, 1.54) is 22.6 Å². The molecule has 0 spiro atoms. The number of hydrogen-bond acceptors (Lipinski definition) is 3. The second kappa shape index (κ2) is 6.89. The zero-order valence-corrected chi connectivity index (χ0v) is 13.9. The summed E-state index contributed by atoms with van der Waals surface area (Å²) < 4.78 is 4.11. The van der Waals surface area contributed by atoms with Crippen LogP contribution in [0.5, 0.6) is 0 Å². The largest absolute Gasteiger partial charge is 0.313 e. The summed E-state index contributed by atoms with van der Waals surface area (Å²) in [5.74, 6) is 0. The monoisotopic (exact) mass is 289 g/mol. The summed E-state index contributed by atoms with van der Waals surface area (Å²) in [5, 5.41) is 12.7. The van der Waals surface area contributed by atoms with E-state index in [9.17, 15) is 0 Å². The highest BCUT2D eigenvalue weighted by Crippen LogP contribution is 2.18. The molecule has 0 aliphatic carbocycles. The van der Waals surface area contributed by atoms with Crippen molar-refractivity contribution < 1.29 is 0 Å². The maximum Gasteiger partial charge on any atom is 0.0831 e. The lowest BCUT2D eigenvalue weighted by atomic mass is 10.1. The van der Waals surface area contributed by atoms with Gasteiger partial charge in [0.15, 0.2) is 0 Å². The van der Waals surface area contributed by atoms with Crippen LogP contribution in [0.1, 0.15) is 49.1 Å². The first-order valence-electron chi connectivity index (χ1n) is 7.88. The Hall–Kier alpha value is -1.62. The molecule has 1 N–H and O–H groups in total. The van der Waals surface area contributed by atoms with Crippen LogP contribution < -0.4 is 5.32 Å². The van der Waals surface area contributed by atoms with Crippen LogP contribution in [0.4, 0.5) is 0 Å². The highest BCUT2D eigenvalue weighted by Gasteiger charge is 2.16. The van der Waals surface area contributed by atoms with Crippen molar-refractivity contribution in [3.8, 4) is 0 Å². The van der Waals surface area contributed by atoms with Gasteiger partial charge in [0.1, 0.15) is 0 Å². The Balaban J connectivity index is 2.34. The number of rotatable bonds is 7. The Morgan fingerprint density at radius 1 is 1.14 bits per heavy atom. The molecule has 5 heteroatoms. The van der Waals surface area contributed by atoms with Crippen molar-refractivity contribution >= 4 is 0 Å². The fourth-order valence-corrected chi connectivity index (χ4v) is 2.82. The first-order chi connectivity index (χ1) is 10.1. The van der Waals surface area contributed by atoms with Gasteiger partial charge in [-0.1, -0.05) is 20.8 Å². The van der Waals surface area contributed by atoms with Crippen LogP contribution in [0.3, 0.4) is 0 Å². The van der Waals surface area contributed by atoms with Gasteiger partial charge in [0, 0.05) is 24.8 Å². The minimum atomic E-state index is 0.791. The SMILES string of the molecule is CCNCc1c(CC)nn(Cc2cc(C)nn2C)c1CC. The van der Waals surface area contributed by atoms with Gasteiger partial charge in [-0.15, -0.1) is 0 Å². The fourth-order valence-electron chi connectivity index (χ4n) is 2.82. The molecular weight excluding hydrogens is 262 g/mol. The lowest BCUT2D eigenvalue weighted by Crippen LogP contribution is -2.15. The molecule has 0 saturated heterocycles. The summed E-state index contributed by atoms with van der Waals surface area (Å²) in [6, 6.07) is 2.14. The molecule has 5 nitrogen and oxygen atoms in total. The second-order valence-electron chi connectivity index (χ2n) is 5.42. The molecule has 2 rings (SSSR count). The van der Waals surface area contributed by atoms with E-state index in [1.807, 2.05) is 18.7 Å². The van der Waals surface area contributed by atoms with Crippen molar-refractivity contribution in [2.45, 2.75) is 53.6 Å². The Morgan fingerprint density at radius 2 is 1.90 bits per heavy atom. The Labute approximate surface area is 127 Å². The normalized spacial score (nSPS) is 11.3. The van der Waals surface area contributed by atoms with Gasteiger partial charge in [0.2, 0.25) is 0 Å². The molecule has 0 saturated carbocycles. The van der Waals surface area contributed by atoms with Crippen molar-refractivity contribution in [3.63, 3.8) is 0 Å². The molecule has 0 amide bonds. The van der Waals surface area contributed by atoms with Crippen molar-refractivity contribution in [2.24, 2.45) is 7.05 Å². The van der Waals surface area contributed by atoms with E-state index in [0.29, 0.717) is 0 Å². The minimum absolute atomic E-state index is 0.791. The van der Waals surface area contributed by atoms with Gasteiger partial charge in [-0.3, -0.25) is 9.36 Å². The van der Waals surface area contributed by atoms with E-state index in [0.717, 1.165) is 38.2 Å². The summed E-state index contributed by atoms with van der Waals surface area (Å²) in [5.41, 5.74) is 6.18. The van der Waals surface area contributed by atoms with E-state index in [2.05, 4.69) is 41.9 Å². The van der Waals surface area contributed by atoms with Crippen LogP contribution in [0.2, 0.25) is 0 Å². The van der Waals surface area contributed by atoms with Crippen LogP contribution in [-0.2, 0) is 33.0 Å². The number of aromatic nitrogens is 4. The van der Waals surface area contributed by atoms with E-state index in [-0.39, 0.29) is 0 Å². The smallest absolute Gasteiger partial charge is 0.0831 e. The molecule has 0 atom stereocenters. The van der Waals surface area contributed by atoms with Crippen LogP contribution in [0.15, 0.2) is 6.07 Å². The van der Waals surface area contributed by atoms with Gasteiger partial charge >= 0.3 is 0 Å². The van der Waals surface area contributed by atoms with Gasteiger partial charge in [0.05, 0.1) is 23.6 Å². The van der Waals surface area contributed by atoms with E-state index in [4.69, 9.17) is 5.10 Å². The maximum atomic E-state index is 4.83. The molecule has 2 heterocycles. The second-order valence-corrected chi connectivity index (χ2v) is 5.42. The number of aryl methyl sites for hydroxylation is 3. The Morgan fingerprint density at radius 3 is 2.43 bits per heavy atom. The van der Waals surface area contributed by atoms with Crippen molar-refractivity contribution in [1.29, 1.82) is 0 Å². The van der Waals surface area contributed by atoms with Gasteiger partial charge in [-0.05, 0) is 32.4 Å². The standard InChI is InChI=1S/C16H27N5/c1-6-15-14(10-17-8-3)16(7-2)21(19-15)11-13-9-12(4)18-20(13)5/h9,17H,6-8,10-11H2,1-5H3. The van der Waals surface area contributed by atoms with E-state index < -0.39 is 0 Å². The molecule has 0 aliphatic heterocycles. The van der Waals surface area contributed by atoms with Crippen LogP contribution in [-0.4, -0.2) is 26.1 Å². The number of hydrogen-bond donors (Lipinski definition) is 1. The first-order valence-corrected chi connectivity index (χ1v) is 7.88. The predicted octanol–water partition coefficient (Wildman–Crippen LogP) is 2.21. The van der Waals surface area contributed by atoms with E-state index in [1.54, 1.807) is 0 Å². The molecule has 2 aromatic heterocycles. The number of nitrogens with zero attached hydrogens (tertiary/aromatic N) is 4. The molecule has 2 aromatic rings. The van der Waals surface area contributed by atoms with Gasteiger partial charge in [-0.2, -0.15) is 10.2 Å². The van der Waals surface area contributed by atoms with E-state index >= 15 is 0 Å². The van der Waals surface area contributed by atoms with Crippen molar-refractivity contribution in [1.82, 2.24) is 24.9 Å². The molecular formula is C16H27N5. The van der Waals surface area contributed by atoms with Crippen LogP contribution >= 0.6 is 0 Å². The van der Waals surface area contributed by atoms with Gasteiger partial charge < -0.3 is 5.32 Å². The maximum absolute atomic E-state index is 4.83. The van der Waals surface area contributed by atoms with Gasteiger partial charge in [0.25, 0.3) is 0 Å². The zero-order valence-electron chi connectivity index (χ0n) is 13.9. The van der Waals surface area contributed by atoms with Crippen molar-refractivity contribution in [3.05, 3.63) is 34.4 Å². The van der Waals surface area contributed by atoms with Gasteiger partial charge in [-0.25, -0.2) is 0 Å². The summed E-state index contributed by atoms with van der Waals surface area (Å²) in [4.78, 5) is 0. The van der Waals surface area contributed by atoms with Crippen LogP contribution in [0, 0.1) is 6.92 Å². The highest BCUT2D eigenvalue weighted by atomic mass is 15.3. The topological polar surface area (TPSA) is 47.7 Å². The lowest BCUT2D eigenvalue weighted by molar-refractivity contribution is 0.591. The molecule has 0 fully saturated rings. The third-order valence-corrected chi connectivity index (χ3v) is 3.88. The Bertz CT molecular complexity index is 594. The summed E-state index contributed by atoms with van der Waals surface area (Å²) in [6.07, 6.45) is 1.98. The average Bonchev–Trinajstić information content (AvgIpc) is 2.96. The summed E-state index contributed by atoms with van der Waals surface area (Å²) in [6.45, 7) is 11.2. The third-order valence-electron chi connectivity index (χ3n) is 3.88. The molecule has 0 aliphatic rings.